The lowest BCUT2D eigenvalue weighted by molar-refractivity contribution is -0.381. The standard InChI is InChI=1S/C58H92O26/c1-24-40(80-46-37(67)33(63)27(60)20-75-46)41(81-50-44(70)57(73,22-59)23-77-50)39(69)48(78-24)83-43-34(64)28(61)21-76-49(43)84-51(72)58-17-16-52(2,3)18-26(58)25-10-11-30-54(6)14-13-32(79-47-38(68)35(65)36(66)42(82-47)45(71)74-9)53(4,5)29(54)12-15-55(30,7)56(25,8)19-31(58)62/h10,24,26-44,46-50,59-70,73H,11-23H2,1-9H3/t24?,26-,27?,28?,29-,30+,31+,32-,33?,34?,35?,36?,37?,38?,39?,40?,41?,42?,43?,44?,46?,47?,48?,49?,50?,54-,55+,56+,57?,58+/m0/s1. The molecule has 21 unspecified atom stereocenters. The molecule has 0 aromatic carbocycles. The molecule has 5 saturated heterocycles. The van der Waals surface area contributed by atoms with Crippen molar-refractivity contribution in [3.05, 3.63) is 11.6 Å². The van der Waals surface area contributed by atoms with Crippen molar-refractivity contribution in [2.75, 3.05) is 33.5 Å². The van der Waals surface area contributed by atoms with Gasteiger partial charge in [-0.05, 0) is 110 Å². The third-order valence-electron chi connectivity index (χ3n) is 22.6. The summed E-state index contributed by atoms with van der Waals surface area (Å²) in [5.74, 6) is -2.07. The molecule has 0 radical (unpaired) electrons. The van der Waals surface area contributed by atoms with E-state index in [1.807, 2.05) is 0 Å². The Bertz CT molecular complexity index is 2410. The van der Waals surface area contributed by atoms with E-state index >= 15 is 4.79 Å². The molecule has 5 aliphatic heterocycles. The lowest BCUT2D eigenvalue weighted by Gasteiger charge is -2.71. The molecule has 5 heterocycles. The number of aliphatic hydroxyl groups is 13. The molecule has 26 heteroatoms. The van der Waals surface area contributed by atoms with Crippen molar-refractivity contribution in [2.24, 2.45) is 50.2 Å². The molecule has 30 atom stereocenters. The van der Waals surface area contributed by atoms with Gasteiger partial charge in [-0.1, -0.05) is 60.1 Å². The molecule has 9 fully saturated rings. The highest BCUT2D eigenvalue weighted by molar-refractivity contribution is 5.80. The molecular weight excluding hydrogens is 1110 g/mol. The minimum Gasteiger partial charge on any atom is -0.467 e. The fraction of sp³-hybridized carbons (Fsp3) is 0.931. The average molecular weight is 1210 g/mol. The van der Waals surface area contributed by atoms with E-state index in [0.29, 0.717) is 32.1 Å². The highest BCUT2D eigenvalue weighted by atomic mass is 16.8. The second kappa shape index (κ2) is 23.2. The minimum atomic E-state index is -2.17. The zero-order valence-electron chi connectivity index (χ0n) is 49.3. The Morgan fingerprint density at radius 2 is 1.26 bits per heavy atom. The largest absolute Gasteiger partial charge is 0.467 e. The normalized spacial score (nSPS) is 53.5. The van der Waals surface area contributed by atoms with E-state index < -0.39 is 207 Å². The maximum atomic E-state index is 15.6. The van der Waals surface area contributed by atoms with Crippen molar-refractivity contribution in [1.82, 2.24) is 0 Å². The summed E-state index contributed by atoms with van der Waals surface area (Å²) in [6.45, 7) is 14.4. The number of rotatable bonds is 12. The SMILES string of the molecule is COC(=O)C1OC(O[C@H]2CC[C@]3(C)[C@H]4CC=C5[C@@H]6CC(C)(C)CC[C@]6(C(=O)OC6OCC(O)C(O)C6OC6OC(C)C(OC7OCC(O)C(O)C7O)C(OC7OCC(O)(CO)C7O)C6O)[C@H](O)C[C@@]5(C)[C@]4(C)CC[C@H]3C2(C)C)C(O)C(O)C1O. The van der Waals surface area contributed by atoms with Gasteiger partial charge in [0, 0.05) is 0 Å². The number of esters is 2. The number of ether oxygens (including phenoxy) is 11. The number of methoxy groups -OCH3 is 1. The predicted octanol–water partition coefficient (Wildman–Crippen LogP) is -2.11. The van der Waals surface area contributed by atoms with Crippen molar-refractivity contribution < 1.29 is 128 Å². The van der Waals surface area contributed by atoms with Crippen molar-refractivity contribution >= 4 is 11.9 Å². The highest BCUT2D eigenvalue weighted by Gasteiger charge is 2.72. The number of hydrogen-bond donors (Lipinski definition) is 13. The summed E-state index contributed by atoms with van der Waals surface area (Å²) < 4.78 is 64.9. The maximum absolute atomic E-state index is 15.6. The van der Waals surface area contributed by atoms with Crippen LogP contribution in [0.2, 0.25) is 0 Å². The first kappa shape index (κ1) is 64.8. The molecule has 0 amide bonds. The van der Waals surface area contributed by atoms with Gasteiger partial charge in [0.15, 0.2) is 37.4 Å². The topological polar surface area (TPSA) is 399 Å². The summed E-state index contributed by atoms with van der Waals surface area (Å²) in [7, 11) is 1.13. The van der Waals surface area contributed by atoms with Gasteiger partial charge in [0.1, 0.15) is 84.3 Å². The van der Waals surface area contributed by atoms with Gasteiger partial charge in [0.05, 0.1) is 51.8 Å². The summed E-state index contributed by atoms with van der Waals surface area (Å²) in [6.07, 6.45) is -27.9. The maximum Gasteiger partial charge on any atom is 0.337 e. The third-order valence-corrected chi connectivity index (χ3v) is 22.6. The zero-order chi connectivity index (χ0) is 61.3. The quantitative estimate of drug-likeness (QED) is 0.0565. The second-order valence-corrected chi connectivity index (χ2v) is 28.2. The third kappa shape index (κ3) is 10.4. The molecule has 0 spiro atoms. The summed E-state index contributed by atoms with van der Waals surface area (Å²) in [4.78, 5) is 28.1. The van der Waals surface area contributed by atoms with Crippen LogP contribution in [-0.4, -0.2) is 253 Å². The Labute approximate surface area is 488 Å². The Hall–Kier alpha value is -2.20. The van der Waals surface area contributed by atoms with Crippen LogP contribution < -0.4 is 0 Å². The average Bonchev–Trinajstić information content (AvgIpc) is 0.755. The Morgan fingerprint density at radius 1 is 0.631 bits per heavy atom. The summed E-state index contributed by atoms with van der Waals surface area (Å²) >= 11 is 0. The predicted molar refractivity (Wildman–Crippen MR) is 282 cm³/mol. The second-order valence-electron chi connectivity index (χ2n) is 28.2. The van der Waals surface area contributed by atoms with Gasteiger partial charge in [-0.3, -0.25) is 4.79 Å². The highest BCUT2D eigenvalue weighted by Crippen LogP contribution is 2.76. The van der Waals surface area contributed by atoms with Crippen LogP contribution >= 0.6 is 0 Å². The Kier molecular flexibility index (Phi) is 17.9. The molecule has 0 aromatic heterocycles. The lowest BCUT2D eigenvalue weighted by Crippen LogP contribution is -2.68. The van der Waals surface area contributed by atoms with Gasteiger partial charge in [-0.25, -0.2) is 4.79 Å². The Morgan fingerprint density at radius 3 is 1.93 bits per heavy atom. The molecule has 480 valence electrons. The number of carbonyl (C=O) groups excluding carboxylic acids is 2. The number of aliphatic hydroxyl groups excluding tert-OH is 12. The van der Waals surface area contributed by atoms with E-state index in [0.717, 1.165) is 25.5 Å². The molecule has 4 saturated carbocycles. The van der Waals surface area contributed by atoms with Crippen LogP contribution in [0.1, 0.15) is 113 Å². The zero-order valence-corrected chi connectivity index (χ0v) is 49.3. The molecular formula is C58H92O26. The summed E-state index contributed by atoms with van der Waals surface area (Å²) in [5.41, 5.74) is -4.73. The van der Waals surface area contributed by atoms with E-state index in [4.69, 9.17) is 52.1 Å². The molecule has 13 N–H and O–H groups in total. The van der Waals surface area contributed by atoms with Crippen LogP contribution in [0.4, 0.5) is 0 Å². The lowest BCUT2D eigenvalue weighted by atomic mass is 9.33. The fourth-order valence-electron chi connectivity index (χ4n) is 17.3. The summed E-state index contributed by atoms with van der Waals surface area (Å²) in [6, 6.07) is 0. The van der Waals surface area contributed by atoms with Gasteiger partial charge in [0.25, 0.3) is 0 Å². The molecule has 10 aliphatic rings. The van der Waals surface area contributed by atoms with Crippen LogP contribution in [0.5, 0.6) is 0 Å². The first-order valence-corrected chi connectivity index (χ1v) is 29.8. The van der Waals surface area contributed by atoms with E-state index in [1.165, 1.54) is 6.92 Å². The van der Waals surface area contributed by atoms with Crippen molar-refractivity contribution in [3.63, 3.8) is 0 Å². The molecule has 0 bridgehead atoms. The van der Waals surface area contributed by atoms with Gasteiger partial charge >= 0.3 is 11.9 Å². The van der Waals surface area contributed by atoms with Crippen LogP contribution in [0, 0.1) is 50.2 Å². The van der Waals surface area contributed by atoms with Crippen molar-refractivity contribution in [2.45, 2.75) is 254 Å². The number of fused-ring (bicyclic) bond motifs is 7. The molecule has 10 rings (SSSR count). The minimum absolute atomic E-state index is 0.0823. The smallest absolute Gasteiger partial charge is 0.337 e. The van der Waals surface area contributed by atoms with Gasteiger partial charge in [-0.15, -0.1) is 0 Å². The van der Waals surface area contributed by atoms with E-state index in [-0.39, 0.29) is 35.5 Å². The summed E-state index contributed by atoms with van der Waals surface area (Å²) in [5, 5.41) is 143. The number of carbonyl (C=O) groups is 2. The number of hydrogen-bond acceptors (Lipinski definition) is 26. The van der Waals surface area contributed by atoms with Gasteiger partial charge < -0.3 is 118 Å². The first-order chi connectivity index (χ1) is 39.2. The van der Waals surface area contributed by atoms with E-state index in [1.54, 1.807) is 0 Å². The first-order valence-electron chi connectivity index (χ1n) is 29.8. The van der Waals surface area contributed by atoms with Crippen molar-refractivity contribution in [3.8, 4) is 0 Å². The molecule has 5 aliphatic carbocycles. The van der Waals surface area contributed by atoms with Crippen molar-refractivity contribution in [1.29, 1.82) is 0 Å². The molecule has 26 nitrogen and oxygen atoms in total. The number of allylic oxidation sites excluding steroid dienone is 2. The fourth-order valence-corrected chi connectivity index (χ4v) is 17.3. The van der Waals surface area contributed by atoms with Crippen LogP contribution in [0.25, 0.3) is 0 Å². The molecule has 0 aromatic rings. The van der Waals surface area contributed by atoms with Crippen LogP contribution in [0.15, 0.2) is 11.6 Å². The molecule has 84 heavy (non-hydrogen) atoms. The van der Waals surface area contributed by atoms with E-state index in [9.17, 15) is 71.2 Å². The van der Waals surface area contributed by atoms with Crippen LogP contribution in [-0.2, 0) is 61.7 Å². The van der Waals surface area contributed by atoms with Gasteiger partial charge in [-0.2, -0.15) is 0 Å². The Balaban J connectivity index is 0.897. The van der Waals surface area contributed by atoms with Gasteiger partial charge in [0.2, 0.25) is 6.29 Å². The van der Waals surface area contributed by atoms with E-state index in [2.05, 4.69) is 54.5 Å². The van der Waals surface area contributed by atoms with Crippen LogP contribution in [0.3, 0.4) is 0 Å². The monoisotopic (exact) mass is 1200 g/mol.